The maximum atomic E-state index is 5.75. The highest BCUT2D eigenvalue weighted by Crippen LogP contribution is 2.20. The highest BCUT2D eigenvalue weighted by Gasteiger charge is 2.16. The lowest BCUT2D eigenvalue weighted by atomic mass is 10.2. The van der Waals surface area contributed by atoms with Gasteiger partial charge in [0.25, 0.3) is 0 Å². The van der Waals surface area contributed by atoms with Gasteiger partial charge < -0.3 is 20.1 Å². The van der Waals surface area contributed by atoms with Gasteiger partial charge in [-0.15, -0.1) is 0 Å². The first-order valence-electron chi connectivity index (χ1n) is 7.84. The van der Waals surface area contributed by atoms with Crippen molar-refractivity contribution < 1.29 is 9.47 Å². The summed E-state index contributed by atoms with van der Waals surface area (Å²) in [5.74, 6) is 0.892. The third-order valence-electron chi connectivity index (χ3n) is 3.37. The topological polar surface area (TPSA) is 54.9 Å². The minimum atomic E-state index is 0.175. The van der Waals surface area contributed by atoms with Crippen LogP contribution < -0.4 is 10.6 Å². The molecule has 0 aliphatic carbocycles. The molecular weight excluding hydrogens is 286 g/mol. The van der Waals surface area contributed by atoms with Gasteiger partial charge in [0.1, 0.15) is 0 Å². The molecule has 5 nitrogen and oxygen atoms in total. The molecule has 0 aromatic carbocycles. The maximum Gasteiger partial charge on any atom is 0.191 e. The second-order valence-corrected chi connectivity index (χ2v) is 7.31. The second kappa shape index (κ2) is 10.3. The Balaban J connectivity index is 2.18. The van der Waals surface area contributed by atoms with Crippen LogP contribution in [0.25, 0.3) is 0 Å². The molecule has 1 rings (SSSR count). The van der Waals surface area contributed by atoms with Crippen molar-refractivity contribution in [2.75, 3.05) is 45.7 Å². The molecule has 1 fully saturated rings. The number of ether oxygens (including phenoxy) is 2. The maximum absolute atomic E-state index is 5.75. The van der Waals surface area contributed by atoms with Crippen molar-refractivity contribution in [3.63, 3.8) is 0 Å². The molecule has 0 aromatic rings. The zero-order chi connectivity index (χ0) is 15.6. The van der Waals surface area contributed by atoms with Crippen LogP contribution in [0.4, 0.5) is 0 Å². The number of aliphatic imine (C=N–C) groups is 1. The van der Waals surface area contributed by atoms with E-state index in [1.807, 2.05) is 11.8 Å². The Morgan fingerprint density at radius 3 is 2.86 bits per heavy atom. The van der Waals surface area contributed by atoms with E-state index in [-0.39, 0.29) is 4.75 Å². The van der Waals surface area contributed by atoms with Crippen LogP contribution in [0.3, 0.4) is 0 Å². The van der Waals surface area contributed by atoms with Crippen LogP contribution in [0.15, 0.2) is 4.99 Å². The number of hydrogen-bond acceptors (Lipinski definition) is 4. The van der Waals surface area contributed by atoms with E-state index in [4.69, 9.17) is 9.47 Å². The predicted octanol–water partition coefficient (Wildman–Crippen LogP) is 1.88. The van der Waals surface area contributed by atoms with E-state index in [2.05, 4.69) is 42.7 Å². The molecule has 1 aliphatic heterocycles. The quantitative estimate of drug-likeness (QED) is 0.386. The molecule has 0 bridgehead atoms. The SMILES string of the molecule is CCNC(=NCC(C)(C)SC)NCCCOC1CCOC1. The van der Waals surface area contributed by atoms with Crippen molar-refractivity contribution in [3.8, 4) is 0 Å². The molecule has 1 heterocycles. The summed E-state index contributed by atoms with van der Waals surface area (Å²) in [4.78, 5) is 4.64. The Labute approximate surface area is 133 Å². The summed E-state index contributed by atoms with van der Waals surface area (Å²) >= 11 is 1.84. The lowest BCUT2D eigenvalue weighted by Gasteiger charge is -2.20. The molecule has 1 atom stereocenters. The molecule has 1 unspecified atom stereocenters. The largest absolute Gasteiger partial charge is 0.379 e. The third kappa shape index (κ3) is 8.53. The van der Waals surface area contributed by atoms with E-state index < -0.39 is 0 Å². The van der Waals surface area contributed by atoms with Gasteiger partial charge in [0.05, 0.1) is 19.3 Å². The third-order valence-corrected chi connectivity index (χ3v) is 4.60. The van der Waals surface area contributed by atoms with Crippen LogP contribution in [-0.4, -0.2) is 62.5 Å². The van der Waals surface area contributed by atoms with Crippen molar-refractivity contribution in [2.24, 2.45) is 4.99 Å². The zero-order valence-corrected chi connectivity index (χ0v) is 14.7. The molecule has 0 spiro atoms. The van der Waals surface area contributed by atoms with Gasteiger partial charge in [-0.2, -0.15) is 11.8 Å². The number of nitrogens with zero attached hydrogens (tertiary/aromatic N) is 1. The Morgan fingerprint density at radius 1 is 1.43 bits per heavy atom. The number of thioether (sulfide) groups is 1. The first-order chi connectivity index (χ1) is 10.1. The van der Waals surface area contributed by atoms with Gasteiger partial charge in [0.2, 0.25) is 0 Å². The number of guanidine groups is 1. The molecular formula is C15H31N3O2S. The molecule has 2 N–H and O–H groups in total. The van der Waals surface area contributed by atoms with Gasteiger partial charge in [-0.05, 0) is 39.9 Å². The van der Waals surface area contributed by atoms with Gasteiger partial charge in [-0.3, -0.25) is 4.99 Å². The smallest absolute Gasteiger partial charge is 0.191 e. The Bertz CT molecular complexity index is 305. The van der Waals surface area contributed by atoms with E-state index in [1.54, 1.807) is 0 Å². The predicted molar refractivity (Wildman–Crippen MR) is 91.4 cm³/mol. The average Bonchev–Trinajstić information content (AvgIpc) is 2.97. The molecule has 124 valence electrons. The molecule has 6 heteroatoms. The molecule has 0 amide bonds. The summed E-state index contributed by atoms with van der Waals surface area (Å²) < 4.78 is 11.2. The first-order valence-corrected chi connectivity index (χ1v) is 9.06. The summed E-state index contributed by atoms with van der Waals surface area (Å²) in [5, 5.41) is 6.64. The fourth-order valence-electron chi connectivity index (χ4n) is 1.85. The fraction of sp³-hybridized carbons (Fsp3) is 0.933. The molecule has 0 radical (unpaired) electrons. The second-order valence-electron chi connectivity index (χ2n) is 5.80. The van der Waals surface area contributed by atoms with Crippen LogP contribution in [0.5, 0.6) is 0 Å². The minimum absolute atomic E-state index is 0.175. The molecule has 1 aliphatic rings. The summed E-state index contributed by atoms with van der Waals surface area (Å²) in [6, 6.07) is 0. The highest BCUT2D eigenvalue weighted by atomic mass is 32.2. The lowest BCUT2D eigenvalue weighted by molar-refractivity contribution is 0.0420. The van der Waals surface area contributed by atoms with Crippen molar-refractivity contribution in [3.05, 3.63) is 0 Å². The van der Waals surface area contributed by atoms with Crippen molar-refractivity contribution in [1.29, 1.82) is 0 Å². The van der Waals surface area contributed by atoms with E-state index in [0.29, 0.717) is 6.10 Å². The van der Waals surface area contributed by atoms with Gasteiger partial charge in [0.15, 0.2) is 5.96 Å². The minimum Gasteiger partial charge on any atom is -0.379 e. The average molecular weight is 317 g/mol. The molecule has 1 saturated heterocycles. The molecule has 0 saturated carbocycles. The Morgan fingerprint density at radius 2 is 2.24 bits per heavy atom. The fourth-order valence-corrected chi connectivity index (χ4v) is 2.04. The van der Waals surface area contributed by atoms with Crippen LogP contribution in [-0.2, 0) is 9.47 Å². The number of hydrogen-bond donors (Lipinski definition) is 2. The zero-order valence-electron chi connectivity index (χ0n) is 13.9. The van der Waals surface area contributed by atoms with Crippen LogP contribution >= 0.6 is 11.8 Å². The van der Waals surface area contributed by atoms with Gasteiger partial charge in [0, 0.05) is 31.1 Å². The van der Waals surface area contributed by atoms with Crippen LogP contribution in [0.2, 0.25) is 0 Å². The van der Waals surface area contributed by atoms with E-state index >= 15 is 0 Å². The molecule has 0 aromatic heterocycles. The van der Waals surface area contributed by atoms with E-state index in [9.17, 15) is 0 Å². The van der Waals surface area contributed by atoms with Crippen molar-refractivity contribution in [1.82, 2.24) is 10.6 Å². The normalized spacial score (nSPS) is 19.8. The first kappa shape index (κ1) is 18.6. The van der Waals surface area contributed by atoms with Crippen LogP contribution in [0, 0.1) is 0 Å². The van der Waals surface area contributed by atoms with Crippen molar-refractivity contribution >= 4 is 17.7 Å². The van der Waals surface area contributed by atoms with Crippen molar-refractivity contribution in [2.45, 2.75) is 44.5 Å². The summed E-state index contributed by atoms with van der Waals surface area (Å²) in [5.41, 5.74) is 0. The van der Waals surface area contributed by atoms with Gasteiger partial charge >= 0.3 is 0 Å². The lowest BCUT2D eigenvalue weighted by Crippen LogP contribution is -2.39. The van der Waals surface area contributed by atoms with Gasteiger partial charge in [-0.1, -0.05) is 0 Å². The number of rotatable bonds is 9. The van der Waals surface area contributed by atoms with Gasteiger partial charge in [-0.25, -0.2) is 0 Å². The molecule has 21 heavy (non-hydrogen) atoms. The Kier molecular flexibility index (Phi) is 9.11. The monoisotopic (exact) mass is 317 g/mol. The highest BCUT2D eigenvalue weighted by molar-refractivity contribution is 7.99. The summed E-state index contributed by atoms with van der Waals surface area (Å²) in [6.07, 6.45) is 4.43. The summed E-state index contributed by atoms with van der Waals surface area (Å²) in [7, 11) is 0. The van der Waals surface area contributed by atoms with E-state index in [1.165, 1.54) is 0 Å². The summed E-state index contributed by atoms with van der Waals surface area (Å²) in [6.45, 7) is 11.4. The standard InChI is InChI=1S/C15H31N3O2S/c1-5-16-14(18-12-15(2,3)21-4)17-8-6-9-20-13-7-10-19-11-13/h13H,5-12H2,1-4H3,(H2,16,17,18). The van der Waals surface area contributed by atoms with E-state index in [0.717, 1.165) is 58.3 Å². The Hall–Kier alpha value is -0.460. The van der Waals surface area contributed by atoms with Crippen LogP contribution in [0.1, 0.15) is 33.6 Å². The number of nitrogens with one attached hydrogen (secondary N) is 2.